The van der Waals surface area contributed by atoms with Crippen molar-refractivity contribution in [3.8, 4) is 11.4 Å². The second-order valence-corrected chi connectivity index (χ2v) is 5.67. The van der Waals surface area contributed by atoms with E-state index in [2.05, 4.69) is 10.1 Å². The van der Waals surface area contributed by atoms with Crippen LogP contribution in [-0.2, 0) is 0 Å². The molecule has 2 atom stereocenters. The molecular formula is C13H13Cl2N3O. The first-order valence-corrected chi connectivity index (χ1v) is 6.93. The minimum absolute atomic E-state index is 0.241. The molecular weight excluding hydrogens is 285 g/mol. The normalized spacial score (nSPS) is 22.9. The lowest BCUT2D eigenvalue weighted by atomic mass is 10.1. The first-order chi connectivity index (χ1) is 9.13. The molecule has 2 N–H and O–H groups in total. The maximum Gasteiger partial charge on any atom is 0.230 e. The molecule has 0 spiro atoms. The van der Waals surface area contributed by atoms with Gasteiger partial charge in [0, 0.05) is 17.5 Å². The van der Waals surface area contributed by atoms with E-state index in [4.69, 9.17) is 33.5 Å². The van der Waals surface area contributed by atoms with Crippen LogP contribution in [0.25, 0.3) is 11.4 Å². The minimum Gasteiger partial charge on any atom is -0.339 e. The lowest BCUT2D eigenvalue weighted by Crippen LogP contribution is -2.14. The van der Waals surface area contributed by atoms with Gasteiger partial charge in [0.1, 0.15) is 0 Å². The van der Waals surface area contributed by atoms with Gasteiger partial charge < -0.3 is 10.3 Å². The molecule has 3 rings (SSSR count). The number of rotatable bonds is 2. The van der Waals surface area contributed by atoms with E-state index in [1.54, 1.807) is 12.1 Å². The van der Waals surface area contributed by atoms with Gasteiger partial charge in [0.15, 0.2) is 0 Å². The zero-order valence-electron chi connectivity index (χ0n) is 10.1. The molecule has 4 nitrogen and oxygen atoms in total. The van der Waals surface area contributed by atoms with Crippen molar-refractivity contribution in [2.75, 3.05) is 0 Å². The molecule has 2 aromatic rings. The van der Waals surface area contributed by atoms with E-state index >= 15 is 0 Å². The van der Waals surface area contributed by atoms with Crippen LogP contribution in [0, 0.1) is 0 Å². The number of hydrogen-bond donors (Lipinski definition) is 1. The molecule has 100 valence electrons. The van der Waals surface area contributed by atoms with E-state index in [0.717, 1.165) is 24.8 Å². The summed E-state index contributed by atoms with van der Waals surface area (Å²) in [5.41, 5.74) is 6.69. The van der Waals surface area contributed by atoms with Gasteiger partial charge in [0.25, 0.3) is 0 Å². The number of hydrogen-bond acceptors (Lipinski definition) is 4. The molecule has 1 heterocycles. The maximum atomic E-state index is 5.98. The van der Waals surface area contributed by atoms with Crippen LogP contribution >= 0.6 is 23.2 Å². The predicted molar refractivity (Wildman–Crippen MR) is 74.3 cm³/mol. The average molecular weight is 298 g/mol. The Kier molecular flexibility index (Phi) is 3.48. The van der Waals surface area contributed by atoms with E-state index in [-0.39, 0.29) is 12.0 Å². The highest BCUT2D eigenvalue weighted by molar-refractivity contribution is 6.42. The van der Waals surface area contributed by atoms with Crippen molar-refractivity contribution in [3.05, 3.63) is 34.1 Å². The van der Waals surface area contributed by atoms with Crippen molar-refractivity contribution in [1.29, 1.82) is 0 Å². The molecule has 1 saturated carbocycles. The largest absolute Gasteiger partial charge is 0.339 e. The molecule has 1 aromatic heterocycles. The zero-order chi connectivity index (χ0) is 13.4. The van der Waals surface area contributed by atoms with Crippen LogP contribution in [0.3, 0.4) is 0 Å². The van der Waals surface area contributed by atoms with Crippen molar-refractivity contribution in [3.63, 3.8) is 0 Å². The monoisotopic (exact) mass is 297 g/mol. The summed E-state index contributed by atoms with van der Waals surface area (Å²) in [6.07, 6.45) is 2.92. The van der Waals surface area contributed by atoms with Gasteiger partial charge in [0.2, 0.25) is 11.7 Å². The first-order valence-electron chi connectivity index (χ1n) is 6.18. The molecule has 0 aliphatic heterocycles. The Labute approximate surface area is 120 Å². The Morgan fingerprint density at radius 2 is 2.05 bits per heavy atom. The minimum atomic E-state index is 0.241. The maximum absolute atomic E-state index is 5.98. The van der Waals surface area contributed by atoms with Gasteiger partial charge in [-0.3, -0.25) is 0 Å². The Morgan fingerprint density at radius 3 is 2.74 bits per heavy atom. The summed E-state index contributed by atoms with van der Waals surface area (Å²) in [6.45, 7) is 0. The molecule has 0 saturated heterocycles. The van der Waals surface area contributed by atoms with Crippen molar-refractivity contribution < 1.29 is 4.52 Å². The number of halogens is 2. The van der Waals surface area contributed by atoms with Crippen molar-refractivity contribution in [2.24, 2.45) is 5.73 Å². The molecule has 19 heavy (non-hydrogen) atoms. The highest BCUT2D eigenvalue weighted by Crippen LogP contribution is 2.34. The average Bonchev–Trinajstić information content (AvgIpc) is 3.01. The summed E-state index contributed by atoms with van der Waals surface area (Å²) >= 11 is 11.9. The molecule has 1 aromatic carbocycles. The molecule has 0 bridgehead atoms. The van der Waals surface area contributed by atoms with E-state index in [1.165, 1.54) is 0 Å². The lowest BCUT2D eigenvalue weighted by molar-refractivity contribution is 0.353. The van der Waals surface area contributed by atoms with Gasteiger partial charge in [0.05, 0.1) is 10.0 Å². The van der Waals surface area contributed by atoms with Crippen LogP contribution in [0.1, 0.15) is 31.1 Å². The van der Waals surface area contributed by atoms with E-state index in [9.17, 15) is 0 Å². The summed E-state index contributed by atoms with van der Waals surface area (Å²) in [5, 5.41) is 4.99. The highest BCUT2D eigenvalue weighted by Gasteiger charge is 2.28. The summed E-state index contributed by atoms with van der Waals surface area (Å²) in [4.78, 5) is 4.43. The Morgan fingerprint density at radius 1 is 1.21 bits per heavy atom. The molecule has 0 unspecified atom stereocenters. The Bertz CT molecular complexity index is 599. The van der Waals surface area contributed by atoms with Crippen LogP contribution < -0.4 is 5.73 Å². The fraction of sp³-hybridized carbons (Fsp3) is 0.385. The molecule has 1 aliphatic carbocycles. The van der Waals surface area contributed by atoms with Crippen molar-refractivity contribution in [2.45, 2.75) is 31.2 Å². The summed E-state index contributed by atoms with van der Waals surface area (Å²) < 4.78 is 5.33. The number of benzene rings is 1. The highest BCUT2D eigenvalue weighted by atomic mass is 35.5. The summed E-state index contributed by atoms with van der Waals surface area (Å²) in [7, 11) is 0. The standard InChI is InChI=1S/C13H13Cl2N3O/c14-10-4-2-7(6-11(10)15)12-17-13(19-18-12)8-1-3-9(16)5-8/h2,4,6,8-9H,1,3,5,16H2/t8-,9+/m1/s1. The third kappa shape index (κ3) is 2.61. The van der Waals surface area contributed by atoms with E-state index in [0.29, 0.717) is 21.8 Å². The second kappa shape index (κ2) is 5.12. The fourth-order valence-corrected chi connectivity index (χ4v) is 2.69. The van der Waals surface area contributed by atoms with Crippen LogP contribution in [0.4, 0.5) is 0 Å². The third-order valence-corrected chi connectivity index (χ3v) is 4.18. The summed E-state index contributed by atoms with van der Waals surface area (Å²) in [5.74, 6) is 1.47. The van der Waals surface area contributed by atoms with Crippen LogP contribution in [0.5, 0.6) is 0 Å². The lowest BCUT2D eigenvalue weighted by Gasteiger charge is -2.01. The van der Waals surface area contributed by atoms with Crippen molar-refractivity contribution in [1.82, 2.24) is 10.1 Å². The Hall–Kier alpha value is -1.10. The molecule has 0 amide bonds. The molecule has 6 heteroatoms. The fourth-order valence-electron chi connectivity index (χ4n) is 2.39. The second-order valence-electron chi connectivity index (χ2n) is 4.86. The van der Waals surface area contributed by atoms with Gasteiger partial charge in [-0.15, -0.1) is 0 Å². The van der Waals surface area contributed by atoms with Crippen LogP contribution in [-0.4, -0.2) is 16.2 Å². The van der Waals surface area contributed by atoms with E-state index in [1.807, 2.05) is 6.07 Å². The van der Waals surface area contributed by atoms with Gasteiger partial charge in [-0.05, 0) is 37.5 Å². The predicted octanol–water partition coefficient (Wildman–Crippen LogP) is 3.64. The van der Waals surface area contributed by atoms with Crippen molar-refractivity contribution >= 4 is 23.2 Å². The molecule has 0 radical (unpaired) electrons. The SMILES string of the molecule is N[C@H]1CC[C@@H](c2nc(-c3ccc(Cl)c(Cl)c3)no2)C1. The first kappa shape index (κ1) is 12.9. The van der Waals surface area contributed by atoms with Gasteiger partial charge >= 0.3 is 0 Å². The molecule has 1 aliphatic rings. The third-order valence-electron chi connectivity index (χ3n) is 3.44. The zero-order valence-corrected chi connectivity index (χ0v) is 11.7. The van der Waals surface area contributed by atoms with Gasteiger partial charge in [-0.1, -0.05) is 28.4 Å². The number of aromatic nitrogens is 2. The smallest absolute Gasteiger partial charge is 0.230 e. The summed E-state index contributed by atoms with van der Waals surface area (Å²) in [6, 6.07) is 5.52. The number of nitrogens with two attached hydrogens (primary N) is 1. The Balaban J connectivity index is 1.86. The van der Waals surface area contributed by atoms with Gasteiger partial charge in [-0.25, -0.2) is 0 Å². The molecule has 1 fully saturated rings. The van der Waals surface area contributed by atoms with Crippen LogP contribution in [0.15, 0.2) is 22.7 Å². The van der Waals surface area contributed by atoms with Gasteiger partial charge in [-0.2, -0.15) is 4.98 Å². The quantitative estimate of drug-likeness (QED) is 0.919. The van der Waals surface area contributed by atoms with E-state index < -0.39 is 0 Å². The topological polar surface area (TPSA) is 64.9 Å². The number of nitrogens with zero attached hydrogens (tertiary/aromatic N) is 2. The van der Waals surface area contributed by atoms with Crippen LogP contribution in [0.2, 0.25) is 10.0 Å².